The number of benzene rings is 2. The molecule has 2 aromatic rings. The van der Waals surface area contributed by atoms with E-state index in [0.717, 1.165) is 23.6 Å². The lowest BCUT2D eigenvalue weighted by molar-refractivity contribution is -0.141. The van der Waals surface area contributed by atoms with Crippen molar-refractivity contribution in [2.45, 2.75) is 25.8 Å². The molecule has 0 radical (unpaired) electrons. The van der Waals surface area contributed by atoms with E-state index in [0.29, 0.717) is 5.56 Å². The number of hydrogen-bond donors (Lipinski definition) is 1. The van der Waals surface area contributed by atoms with Crippen molar-refractivity contribution in [2.24, 2.45) is 5.92 Å². The molecule has 0 aromatic heterocycles. The minimum atomic E-state index is -0.864. The fourth-order valence-corrected chi connectivity index (χ4v) is 2.72. The number of fused-ring (bicyclic) bond motifs is 1. The van der Waals surface area contributed by atoms with Crippen LogP contribution in [0.4, 0.5) is 0 Å². The van der Waals surface area contributed by atoms with E-state index < -0.39 is 11.9 Å². The summed E-state index contributed by atoms with van der Waals surface area (Å²) in [5, 5.41) is 11.1. The quantitative estimate of drug-likeness (QED) is 0.922. The van der Waals surface area contributed by atoms with Gasteiger partial charge in [-0.1, -0.05) is 43.3 Å². The third kappa shape index (κ3) is 2.82. The second kappa shape index (κ2) is 5.79. The molecule has 1 aliphatic rings. The number of carboxylic acid groups (broad SMARTS) is 1. The summed E-state index contributed by atoms with van der Waals surface area (Å²) in [6.45, 7) is 1.91. The zero-order valence-electron chi connectivity index (χ0n) is 12.5. The normalized spacial score (nSPS) is 15.5. The Bertz CT molecular complexity index is 716. The molecule has 1 amide bonds. The van der Waals surface area contributed by atoms with Gasteiger partial charge in [0.05, 0.1) is 5.92 Å². The van der Waals surface area contributed by atoms with Crippen molar-refractivity contribution in [1.29, 1.82) is 0 Å². The van der Waals surface area contributed by atoms with Crippen molar-refractivity contribution in [3.8, 4) is 0 Å². The summed E-state index contributed by atoms with van der Waals surface area (Å²) in [7, 11) is 0. The Morgan fingerprint density at radius 2 is 1.86 bits per heavy atom. The lowest BCUT2D eigenvalue weighted by atomic mass is 10.0. The number of rotatable bonds is 5. The van der Waals surface area contributed by atoms with E-state index in [2.05, 4.69) is 0 Å². The number of aliphatic carboxylic acids is 1. The Morgan fingerprint density at radius 1 is 1.18 bits per heavy atom. The third-order valence-electron chi connectivity index (χ3n) is 4.16. The zero-order valence-corrected chi connectivity index (χ0v) is 12.5. The van der Waals surface area contributed by atoms with E-state index in [-0.39, 0.29) is 18.5 Å². The second-order valence-corrected chi connectivity index (χ2v) is 5.95. The van der Waals surface area contributed by atoms with Crippen LogP contribution >= 0.6 is 0 Å². The summed E-state index contributed by atoms with van der Waals surface area (Å²) in [5.41, 5.74) is 0.655. The third-order valence-corrected chi connectivity index (χ3v) is 4.16. The van der Waals surface area contributed by atoms with Crippen LogP contribution in [-0.4, -0.2) is 34.5 Å². The predicted molar refractivity (Wildman–Crippen MR) is 84.8 cm³/mol. The van der Waals surface area contributed by atoms with Crippen LogP contribution in [0.3, 0.4) is 0 Å². The highest BCUT2D eigenvalue weighted by Crippen LogP contribution is 2.30. The molecule has 1 atom stereocenters. The lowest BCUT2D eigenvalue weighted by Gasteiger charge is -2.25. The van der Waals surface area contributed by atoms with Gasteiger partial charge in [0.25, 0.3) is 5.91 Å². The van der Waals surface area contributed by atoms with E-state index in [1.165, 1.54) is 0 Å². The van der Waals surface area contributed by atoms with Gasteiger partial charge in [-0.05, 0) is 29.7 Å². The van der Waals surface area contributed by atoms with Crippen LogP contribution < -0.4 is 0 Å². The topological polar surface area (TPSA) is 57.6 Å². The molecule has 0 saturated heterocycles. The highest BCUT2D eigenvalue weighted by Gasteiger charge is 2.35. The SMILES string of the molecule is CC(CN(C(=O)c1cccc2ccccc12)C1CC1)C(=O)O. The second-order valence-electron chi connectivity index (χ2n) is 5.95. The molecule has 22 heavy (non-hydrogen) atoms. The largest absolute Gasteiger partial charge is 0.481 e. The molecule has 1 N–H and O–H groups in total. The number of amides is 1. The van der Waals surface area contributed by atoms with Gasteiger partial charge in [0, 0.05) is 18.2 Å². The van der Waals surface area contributed by atoms with Gasteiger partial charge in [0.15, 0.2) is 0 Å². The maximum atomic E-state index is 12.9. The van der Waals surface area contributed by atoms with Crippen LogP contribution in [0, 0.1) is 5.92 Å². The first-order valence-electron chi connectivity index (χ1n) is 7.59. The summed E-state index contributed by atoms with van der Waals surface area (Å²) in [6, 6.07) is 13.7. The van der Waals surface area contributed by atoms with Gasteiger partial charge in [-0.15, -0.1) is 0 Å². The van der Waals surface area contributed by atoms with Gasteiger partial charge in [-0.25, -0.2) is 0 Å². The Labute approximate surface area is 129 Å². The van der Waals surface area contributed by atoms with Gasteiger partial charge in [-0.2, -0.15) is 0 Å². The monoisotopic (exact) mass is 297 g/mol. The van der Waals surface area contributed by atoms with Gasteiger partial charge >= 0.3 is 5.97 Å². The smallest absolute Gasteiger partial charge is 0.308 e. The average Bonchev–Trinajstić information content (AvgIpc) is 3.35. The lowest BCUT2D eigenvalue weighted by Crippen LogP contribution is -2.38. The van der Waals surface area contributed by atoms with Crippen LogP contribution in [0.25, 0.3) is 10.8 Å². The molecular formula is C18H19NO3. The molecule has 0 aliphatic heterocycles. The van der Waals surface area contributed by atoms with E-state index >= 15 is 0 Å². The van der Waals surface area contributed by atoms with E-state index in [4.69, 9.17) is 5.11 Å². The molecule has 1 aliphatic carbocycles. The predicted octanol–water partition coefficient (Wildman–Crippen LogP) is 3.17. The van der Waals surface area contributed by atoms with Crippen molar-refractivity contribution in [3.05, 3.63) is 48.0 Å². The number of carboxylic acids is 1. The zero-order chi connectivity index (χ0) is 15.7. The van der Waals surface area contributed by atoms with Crippen molar-refractivity contribution >= 4 is 22.6 Å². The van der Waals surface area contributed by atoms with Gasteiger partial charge in [-0.3, -0.25) is 9.59 Å². The van der Waals surface area contributed by atoms with E-state index in [1.807, 2.05) is 42.5 Å². The molecule has 0 spiro atoms. The molecule has 4 heteroatoms. The van der Waals surface area contributed by atoms with Crippen LogP contribution in [-0.2, 0) is 4.79 Å². The van der Waals surface area contributed by atoms with Gasteiger partial charge in [0.2, 0.25) is 0 Å². The van der Waals surface area contributed by atoms with E-state index in [9.17, 15) is 9.59 Å². The number of carbonyl (C=O) groups excluding carboxylic acids is 1. The van der Waals surface area contributed by atoms with Crippen LogP contribution in [0.15, 0.2) is 42.5 Å². The standard InChI is InChI=1S/C18H19NO3/c1-12(18(21)22)11-19(14-9-10-14)17(20)16-8-4-6-13-5-2-3-7-15(13)16/h2-8,12,14H,9-11H2,1H3,(H,21,22). The summed E-state index contributed by atoms with van der Waals surface area (Å²) in [5.74, 6) is -1.48. The Morgan fingerprint density at radius 3 is 2.55 bits per heavy atom. The summed E-state index contributed by atoms with van der Waals surface area (Å²) in [4.78, 5) is 25.8. The van der Waals surface area contributed by atoms with E-state index in [1.54, 1.807) is 11.8 Å². The molecule has 1 unspecified atom stereocenters. The summed E-state index contributed by atoms with van der Waals surface area (Å²) in [6.07, 6.45) is 1.92. The minimum Gasteiger partial charge on any atom is -0.481 e. The maximum Gasteiger partial charge on any atom is 0.308 e. The molecule has 3 rings (SSSR count). The maximum absolute atomic E-state index is 12.9. The molecule has 1 saturated carbocycles. The van der Waals surface area contributed by atoms with Crippen molar-refractivity contribution < 1.29 is 14.7 Å². The first kappa shape index (κ1) is 14.6. The van der Waals surface area contributed by atoms with Crippen molar-refractivity contribution in [3.63, 3.8) is 0 Å². The number of carbonyl (C=O) groups is 2. The first-order valence-corrected chi connectivity index (χ1v) is 7.59. The van der Waals surface area contributed by atoms with Crippen LogP contribution in [0.2, 0.25) is 0 Å². The van der Waals surface area contributed by atoms with Gasteiger partial charge < -0.3 is 10.0 Å². The highest BCUT2D eigenvalue weighted by atomic mass is 16.4. The Hall–Kier alpha value is -2.36. The van der Waals surface area contributed by atoms with Crippen molar-refractivity contribution in [2.75, 3.05) is 6.54 Å². The molecule has 2 aromatic carbocycles. The molecule has 1 fully saturated rings. The summed E-state index contributed by atoms with van der Waals surface area (Å²) >= 11 is 0. The molecule has 114 valence electrons. The molecule has 0 heterocycles. The van der Waals surface area contributed by atoms with Crippen LogP contribution in [0.1, 0.15) is 30.1 Å². The number of nitrogens with zero attached hydrogens (tertiary/aromatic N) is 1. The van der Waals surface area contributed by atoms with Crippen LogP contribution in [0.5, 0.6) is 0 Å². The fourth-order valence-electron chi connectivity index (χ4n) is 2.72. The average molecular weight is 297 g/mol. The van der Waals surface area contributed by atoms with Crippen molar-refractivity contribution in [1.82, 2.24) is 4.90 Å². The highest BCUT2D eigenvalue weighted by molar-refractivity contribution is 6.07. The fraction of sp³-hybridized carbons (Fsp3) is 0.333. The Kier molecular flexibility index (Phi) is 3.84. The van der Waals surface area contributed by atoms with Gasteiger partial charge in [0.1, 0.15) is 0 Å². The minimum absolute atomic E-state index is 0.0626. The Balaban J connectivity index is 1.94. The molecular weight excluding hydrogens is 278 g/mol. The number of hydrogen-bond acceptors (Lipinski definition) is 2. The molecule has 0 bridgehead atoms. The summed E-state index contributed by atoms with van der Waals surface area (Å²) < 4.78 is 0. The first-order chi connectivity index (χ1) is 10.6. The molecule has 4 nitrogen and oxygen atoms in total.